The Hall–Kier alpha value is -2.57. The third-order valence-corrected chi connectivity index (χ3v) is 5.75. The predicted molar refractivity (Wildman–Crippen MR) is 107 cm³/mol. The Morgan fingerprint density at radius 2 is 1.89 bits per heavy atom. The highest BCUT2D eigenvalue weighted by Gasteiger charge is 2.52. The molecule has 4 amide bonds. The van der Waals surface area contributed by atoms with Crippen LogP contribution in [0.25, 0.3) is 0 Å². The van der Waals surface area contributed by atoms with Crippen molar-refractivity contribution < 1.29 is 14.4 Å². The van der Waals surface area contributed by atoms with Gasteiger partial charge in [-0.15, -0.1) is 0 Å². The van der Waals surface area contributed by atoms with Gasteiger partial charge in [0.25, 0.3) is 5.91 Å². The second kappa shape index (κ2) is 7.11. The Kier molecular flexibility index (Phi) is 4.77. The molecule has 1 spiro atoms. The van der Waals surface area contributed by atoms with Crippen LogP contribution in [0.1, 0.15) is 17.5 Å². The highest BCUT2D eigenvalue weighted by molar-refractivity contribution is 6.35. The summed E-state index contributed by atoms with van der Waals surface area (Å²) in [7, 11) is 0. The van der Waals surface area contributed by atoms with E-state index in [1.807, 2.05) is 24.3 Å². The zero-order valence-corrected chi connectivity index (χ0v) is 16.3. The number of rotatable bonds is 3. The zero-order chi connectivity index (χ0) is 19.9. The van der Waals surface area contributed by atoms with Crippen molar-refractivity contribution in [1.29, 1.82) is 0 Å². The molecule has 2 N–H and O–H groups in total. The maximum atomic E-state index is 13.0. The molecule has 1 unspecified atom stereocenters. The number of carbonyl (C=O) groups excluding carboxylic acids is 3. The van der Waals surface area contributed by atoms with Crippen LogP contribution in [0, 0.1) is 0 Å². The summed E-state index contributed by atoms with van der Waals surface area (Å²) < 4.78 is 0. The van der Waals surface area contributed by atoms with E-state index in [-0.39, 0.29) is 5.91 Å². The lowest BCUT2D eigenvalue weighted by atomic mass is 9.78. The standard InChI is InChI=1S/C20H17Cl2N3O3/c21-14-5-6-15(22)16(9-14)23-17(26)11-25-18(27)20(24-19(25)28)8-7-12-3-1-2-4-13(12)10-20/h1-6,9H,7-8,10-11H2,(H,23,26)(H,24,28). The molecule has 0 aromatic heterocycles. The van der Waals surface area contributed by atoms with E-state index in [1.54, 1.807) is 12.1 Å². The van der Waals surface area contributed by atoms with Crippen LogP contribution in [0.3, 0.4) is 0 Å². The molecular formula is C20H17Cl2N3O3. The fourth-order valence-electron chi connectivity index (χ4n) is 3.77. The van der Waals surface area contributed by atoms with Crippen LogP contribution < -0.4 is 10.6 Å². The van der Waals surface area contributed by atoms with Crippen molar-refractivity contribution in [2.45, 2.75) is 24.8 Å². The predicted octanol–water partition coefficient (Wildman–Crippen LogP) is 3.41. The number of amides is 4. The molecule has 1 aliphatic heterocycles. The van der Waals surface area contributed by atoms with E-state index in [1.165, 1.54) is 11.6 Å². The van der Waals surface area contributed by atoms with E-state index in [0.29, 0.717) is 35.0 Å². The van der Waals surface area contributed by atoms with E-state index in [4.69, 9.17) is 23.2 Å². The van der Waals surface area contributed by atoms with E-state index in [9.17, 15) is 14.4 Å². The Labute approximate surface area is 171 Å². The summed E-state index contributed by atoms with van der Waals surface area (Å²) in [6.07, 6.45) is 1.62. The minimum Gasteiger partial charge on any atom is -0.323 e. The monoisotopic (exact) mass is 417 g/mol. The molecule has 8 heteroatoms. The summed E-state index contributed by atoms with van der Waals surface area (Å²) >= 11 is 12.0. The Morgan fingerprint density at radius 3 is 2.68 bits per heavy atom. The van der Waals surface area contributed by atoms with Crippen molar-refractivity contribution in [1.82, 2.24) is 10.2 Å². The summed E-state index contributed by atoms with van der Waals surface area (Å²) in [6.45, 7) is -0.392. The zero-order valence-electron chi connectivity index (χ0n) is 14.8. The number of hydrogen-bond donors (Lipinski definition) is 2. The summed E-state index contributed by atoms with van der Waals surface area (Å²) in [5.74, 6) is -0.903. The van der Waals surface area contributed by atoms with Gasteiger partial charge in [0, 0.05) is 11.4 Å². The van der Waals surface area contributed by atoms with Crippen molar-refractivity contribution in [3.05, 3.63) is 63.6 Å². The van der Waals surface area contributed by atoms with Gasteiger partial charge < -0.3 is 10.6 Å². The molecule has 28 heavy (non-hydrogen) atoms. The molecule has 1 aliphatic carbocycles. The first-order valence-electron chi connectivity index (χ1n) is 8.84. The number of hydrogen-bond acceptors (Lipinski definition) is 3. The summed E-state index contributed by atoms with van der Waals surface area (Å²) in [4.78, 5) is 38.8. The first kappa shape index (κ1) is 18.8. The van der Waals surface area contributed by atoms with Crippen LogP contribution in [0.4, 0.5) is 10.5 Å². The van der Waals surface area contributed by atoms with Crippen molar-refractivity contribution in [2.24, 2.45) is 0 Å². The molecule has 1 saturated heterocycles. The number of fused-ring (bicyclic) bond motifs is 1. The van der Waals surface area contributed by atoms with Crippen molar-refractivity contribution in [2.75, 3.05) is 11.9 Å². The van der Waals surface area contributed by atoms with Gasteiger partial charge in [-0.25, -0.2) is 4.79 Å². The van der Waals surface area contributed by atoms with Crippen LogP contribution in [-0.4, -0.2) is 34.8 Å². The highest BCUT2D eigenvalue weighted by atomic mass is 35.5. The molecule has 0 saturated carbocycles. The largest absolute Gasteiger partial charge is 0.325 e. The Morgan fingerprint density at radius 1 is 1.14 bits per heavy atom. The summed E-state index contributed by atoms with van der Waals surface area (Å²) in [6, 6.07) is 12.0. The second-order valence-electron chi connectivity index (χ2n) is 7.02. The van der Waals surface area contributed by atoms with Gasteiger partial charge in [0.05, 0.1) is 10.7 Å². The smallest absolute Gasteiger partial charge is 0.323 e. The van der Waals surface area contributed by atoms with Gasteiger partial charge in [-0.1, -0.05) is 47.5 Å². The van der Waals surface area contributed by atoms with Crippen molar-refractivity contribution in [3.63, 3.8) is 0 Å². The van der Waals surface area contributed by atoms with Crippen LogP contribution in [0.2, 0.25) is 10.0 Å². The first-order valence-corrected chi connectivity index (χ1v) is 9.59. The number of aryl methyl sites for hydroxylation is 1. The number of halogens is 2. The maximum absolute atomic E-state index is 13.0. The molecule has 144 valence electrons. The number of carbonyl (C=O) groups is 3. The molecule has 1 fully saturated rings. The van der Waals surface area contributed by atoms with E-state index in [2.05, 4.69) is 10.6 Å². The third-order valence-electron chi connectivity index (χ3n) is 5.18. The molecule has 2 aliphatic rings. The number of benzene rings is 2. The SMILES string of the molecule is O=C(CN1C(=O)NC2(CCc3ccccc3C2)C1=O)Nc1cc(Cl)ccc1Cl. The van der Waals surface area contributed by atoms with E-state index in [0.717, 1.165) is 10.5 Å². The van der Waals surface area contributed by atoms with Gasteiger partial charge in [0.1, 0.15) is 12.1 Å². The van der Waals surface area contributed by atoms with Crippen LogP contribution in [0.5, 0.6) is 0 Å². The quantitative estimate of drug-likeness (QED) is 0.750. The molecule has 4 rings (SSSR count). The number of imide groups is 1. The second-order valence-corrected chi connectivity index (χ2v) is 7.87. The normalized spacial score (nSPS) is 20.9. The first-order chi connectivity index (χ1) is 13.4. The van der Waals surface area contributed by atoms with Gasteiger partial charge in [-0.05, 0) is 42.2 Å². The molecular weight excluding hydrogens is 401 g/mol. The molecule has 2 aromatic rings. The lowest BCUT2D eigenvalue weighted by Crippen LogP contribution is -2.51. The van der Waals surface area contributed by atoms with Crippen LogP contribution >= 0.6 is 23.2 Å². The van der Waals surface area contributed by atoms with E-state index < -0.39 is 24.0 Å². The summed E-state index contributed by atoms with van der Waals surface area (Å²) in [5.41, 5.74) is 1.56. The fourth-order valence-corrected chi connectivity index (χ4v) is 4.11. The number of nitrogens with zero attached hydrogens (tertiary/aromatic N) is 1. The molecule has 0 bridgehead atoms. The number of urea groups is 1. The van der Waals surface area contributed by atoms with Gasteiger partial charge in [0.15, 0.2) is 0 Å². The molecule has 1 heterocycles. The molecule has 1 atom stereocenters. The Balaban J connectivity index is 1.49. The van der Waals surface area contributed by atoms with Gasteiger partial charge in [-0.3, -0.25) is 14.5 Å². The van der Waals surface area contributed by atoms with Crippen molar-refractivity contribution >= 4 is 46.7 Å². The Bertz CT molecular complexity index is 994. The fraction of sp³-hybridized carbons (Fsp3) is 0.250. The summed E-state index contributed by atoms with van der Waals surface area (Å²) in [5, 5.41) is 6.13. The lowest BCUT2D eigenvalue weighted by molar-refractivity contribution is -0.134. The maximum Gasteiger partial charge on any atom is 0.325 e. The third kappa shape index (κ3) is 3.34. The highest BCUT2D eigenvalue weighted by Crippen LogP contribution is 2.33. The molecule has 6 nitrogen and oxygen atoms in total. The lowest BCUT2D eigenvalue weighted by Gasteiger charge is -2.32. The van der Waals surface area contributed by atoms with Gasteiger partial charge in [-0.2, -0.15) is 0 Å². The minimum absolute atomic E-state index is 0.315. The molecule has 0 radical (unpaired) electrons. The average molecular weight is 418 g/mol. The number of nitrogens with one attached hydrogen (secondary N) is 2. The van der Waals surface area contributed by atoms with Gasteiger partial charge >= 0.3 is 6.03 Å². The van der Waals surface area contributed by atoms with Crippen LogP contribution in [-0.2, 0) is 22.4 Å². The topological polar surface area (TPSA) is 78.5 Å². The van der Waals surface area contributed by atoms with Gasteiger partial charge in [0.2, 0.25) is 5.91 Å². The molecule has 2 aromatic carbocycles. The minimum atomic E-state index is -0.987. The van der Waals surface area contributed by atoms with Crippen molar-refractivity contribution in [3.8, 4) is 0 Å². The number of anilines is 1. The van der Waals surface area contributed by atoms with E-state index >= 15 is 0 Å². The average Bonchev–Trinajstić information content (AvgIpc) is 2.88. The van der Waals surface area contributed by atoms with Crippen LogP contribution in [0.15, 0.2) is 42.5 Å².